The summed E-state index contributed by atoms with van der Waals surface area (Å²) in [7, 11) is -2.03. The number of benzene rings is 2. The van der Waals surface area contributed by atoms with Gasteiger partial charge in [0, 0.05) is 0 Å². The minimum Gasteiger partial charge on any atom is -0.0636 e. The summed E-state index contributed by atoms with van der Waals surface area (Å²) in [6.07, 6.45) is 0. The van der Waals surface area contributed by atoms with Crippen LogP contribution in [0.25, 0.3) is 0 Å². The van der Waals surface area contributed by atoms with Gasteiger partial charge in [-0.25, -0.2) is 0 Å². The van der Waals surface area contributed by atoms with Gasteiger partial charge in [0.15, 0.2) is 0 Å². The zero-order valence-corrected chi connectivity index (χ0v) is 18.6. The average Bonchev–Trinajstić information content (AvgIpc) is 2.77. The molecule has 0 saturated heterocycles. The van der Waals surface area contributed by atoms with Crippen LogP contribution in [0, 0.1) is 26.7 Å². The molecule has 1 aliphatic rings. The Hall–Kier alpha value is -1.86. The second-order valence-corrected chi connectivity index (χ2v) is 12.4. The molecule has 2 aromatic carbocycles. The zero-order chi connectivity index (χ0) is 19.2. The van der Waals surface area contributed by atoms with Crippen LogP contribution in [0.15, 0.2) is 64.4 Å². The van der Waals surface area contributed by atoms with Crippen molar-refractivity contribution >= 4 is 18.4 Å². The quantitative estimate of drug-likeness (QED) is 0.621. The summed E-state index contributed by atoms with van der Waals surface area (Å²) in [5.41, 5.74) is 8.66. The molecular weight excluding hydrogens is 328 g/mol. The third-order valence-corrected chi connectivity index (χ3v) is 11.4. The summed E-state index contributed by atoms with van der Waals surface area (Å²) in [5.74, 6) is 0.536. The van der Waals surface area contributed by atoms with Crippen LogP contribution in [0.5, 0.6) is 0 Å². The number of hydrogen-bond donors (Lipinski definition) is 0. The van der Waals surface area contributed by atoms with Crippen molar-refractivity contribution in [1.29, 1.82) is 0 Å². The smallest absolute Gasteiger partial charge is 0.0636 e. The summed E-state index contributed by atoms with van der Waals surface area (Å²) in [6.45, 7) is 18.6. The van der Waals surface area contributed by atoms with E-state index in [4.69, 9.17) is 0 Å². The molecule has 0 saturated carbocycles. The Kier molecular flexibility index (Phi) is 4.87. The molecule has 0 spiro atoms. The lowest BCUT2D eigenvalue weighted by Crippen LogP contribution is -2.59. The van der Waals surface area contributed by atoms with Gasteiger partial charge in [-0.15, -0.1) is 0 Å². The van der Waals surface area contributed by atoms with Gasteiger partial charge < -0.3 is 0 Å². The van der Waals surface area contributed by atoms with Gasteiger partial charge in [0.2, 0.25) is 0 Å². The van der Waals surface area contributed by atoms with E-state index in [0.29, 0.717) is 5.92 Å². The Labute approximate surface area is 160 Å². The Bertz CT molecular complexity index is 891. The predicted octanol–water partition coefficient (Wildman–Crippen LogP) is 5.65. The maximum absolute atomic E-state index is 2.56. The number of hydrogen-bond acceptors (Lipinski definition) is 0. The molecule has 0 fully saturated rings. The van der Waals surface area contributed by atoms with E-state index in [1.165, 1.54) is 33.0 Å². The normalized spacial score (nSPS) is 19.9. The summed E-state index contributed by atoms with van der Waals surface area (Å²) >= 11 is 0. The predicted molar refractivity (Wildman–Crippen MR) is 118 cm³/mol. The monoisotopic (exact) mass is 360 g/mol. The van der Waals surface area contributed by atoms with E-state index in [9.17, 15) is 0 Å². The van der Waals surface area contributed by atoms with Crippen molar-refractivity contribution in [1.82, 2.24) is 0 Å². The van der Waals surface area contributed by atoms with Gasteiger partial charge in [0.05, 0.1) is 0 Å². The van der Waals surface area contributed by atoms with Gasteiger partial charge >= 0.3 is 0 Å². The van der Waals surface area contributed by atoms with Crippen molar-refractivity contribution in [3.63, 3.8) is 0 Å². The van der Waals surface area contributed by atoms with Gasteiger partial charge in [0.1, 0.15) is 8.07 Å². The molecule has 0 amide bonds. The molecule has 0 aromatic heterocycles. The fourth-order valence-electron chi connectivity index (χ4n) is 4.80. The third-order valence-electron chi connectivity index (χ3n) is 6.61. The van der Waals surface area contributed by atoms with E-state index in [0.717, 1.165) is 0 Å². The molecule has 0 radical (unpaired) electrons. The van der Waals surface area contributed by atoms with E-state index in [-0.39, 0.29) is 0 Å². The fraction of sp³-hybridized carbons (Fsp3) is 0.360. The van der Waals surface area contributed by atoms with E-state index in [1.807, 2.05) is 0 Å². The Morgan fingerprint density at radius 3 is 1.65 bits per heavy atom. The van der Waals surface area contributed by atoms with E-state index >= 15 is 0 Å². The van der Waals surface area contributed by atoms with Crippen LogP contribution in [0.4, 0.5) is 0 Å². The first-order chi connectivity index (χ1) is 12.2. The van der Waals surface area contributed by atoms with Crippen molar-refractivity contribution in [2.24, 2.45) is 5.92 Å². The van der Waals surface area contributed by atoms with Crippen molar-refractivity contribution in [2.75, 3.05) is 0 Å². The first kappa shape index (κ1) is 18.9. The molecular formula is C25H32Si. The van der Waals surface area contributed by atoms with Crippen molar-refractivity contribution in [2.45, 2.75) is 55.0 Å². The largest absolute Gasteiger partial charge is 0.142 e. The highest BCUT2D eigenvalue weighted by molar-refractivity contribution is 7.06. The van der Waals surface area contributed by atoms with Crippen LogP contribution < -0.4 is 10.4 Å². The lowest BCUT2D eigenvalue weighted by atomic mass is 10.1. The summed E-state index contributed by atoms with van der Waals surface area (Å²) in [5, 5.41) is 4.76. The molecule has 2 aromatic rings. The lowest BCUT2D eigenvalue weighted by molar-refractivity contribution is 0.850. The molecule has 0 bridgehead atoms. The molecule has 0 aliphatic heterocycles. The second-order valence-electron chi connectivity index (χ2n) is 8.44. The molecule has 0 N–H and O–H groups in total. The van der Waals surface area contributed by atoms with Crippen molar-refractivity contribution in [3.8, 4) is 0 Å². The van der Waals surface area contributed by atoms with Crippen LogP contribution in [-0.2, 0) is 0 Å². The van der Waals surface area contributed by atoms with Gasteiger partial charge in [0.25, 0.3) is 0 Å². The summed E-state index contributed by atoms with van der Waals surface area (Å²) in [4.78, 5) is 0. The summed E-state index contributed by atoms with van der Waals surface area (Å²) < 4.78 is 0. The van der Waals surface area contributed by atoms with Crippen LogP contribution in [-0.4, -0.2) is 8.07 Å². The molecule has 2 atom stereocenters. The molecule has 0 nitrogen and oxygen atoms in total. The Morgan fingerprint density at radius 1 is 0.654 bits per heavy atom. The van der Waals surface area contributed by atoms with Crippen molar-refractivity contribution in [3.05, 3.63) is 81.1 Å². The zero-order valence-electron chi connectivity index (χ0n) is 17.6. The maximum Gasteiger partial charge on any atom is 0.142 e. The summed E-state index contributed by atoms with van der Waals surface area (Å²) in [6, 6.07) is 16.5. The minimum atomic E-state index is -2.03. The first-order valence-corrected chi connectivity index (χ1v) is 12.2. The highest BCUT2D eigenvalue weighted by Gasteiger charge is 2.42. The molecule has 136 valence electrons. The Balaban J connectivity index is 2.33. The van der Waals surface area contributed by atoms with Gasteiger partial charge in [-0.2, -0.15) is 0 Å². The van der Waals surface area contributed by atoms with Crippen molar-refractivity contribution < 1.29 is 0 Å². The Morgan fingerprint density at radius 2 is 1.19 bits per heavy atom. The molecule has 3 rings (SSSR count). The second kappa shape index (κ2) is 6.70. The first-order valence-electron chi connectivity index (χ1n) is 9.71. The SMILES string of the molecule is CC1=C(C)C(C)C([Si](C)(c2ccc(C)cc2)c2cc(C)cc(C)c2)=C1C. The van der Waals surface area contributed by atoms with Crippen LogP contribution in [0.2, 0.25) is 6.55 Å². The average molecular weight is 361 g/mol. The maximum atomic E-state index is 2.56. The van der Waals surface area contributed by atoms with Crippen LogP contribution >= 0.6 is 0 Å². The van der Waals surface area contributed by atoms with E-state index in [2.05, 4.69) is 97.5 Å². The minimum absolute atomic E-state index is 0.536. The third kappa shape index (κ3) is 2.93. The topological polar surface area (TPSA) is 0 Å². The van der Waals surface area contributed by atoms with E-state index < -0.39 is 8.07 Å². The fourth-order valence-corrected chi connectivity index (χ4v) is 9.64. The molecule has 0 heterocycles. The van der Waals surface area contributed by atoms with Gasteiger partial charge in [-0.3, -0.25) is 0 Å². The van der Waals surface area contributed by atoms with Gasteiger partial charge in [-0.1, -0.05) is 89.0 Å². The number of aryl methyl sites for hydroxylation is 3. The number of allylic oxidation sites excluding steroid dienone is 4. The van der Waals surface area contributed by atoms with E-state index in [1.54, 1.807) is 16.0 Å². The van der Waals surface area contributed by atoms with Gasteiger partial charge in [-0.05, 0) is 63.4 Å². The highest BCUT2D eigenvalue weighted by atomic mass is 28.3. The van der Waals surface area contributed by atoms with Crippen LogP contribution in [0.3, 0.4) is 0 Å². The standard InChI is InChI=1S/C25H32Si/c1-16-9-11-23(12-10-16)26(8,24-14-17(2)13-18(3)15-24)25-21(6)19(4)20(5)22(25)7/h9-15,21H,1-8H3. The highest BCUT2D eigenvalue weighted by Crippen LogP contribution is 2.41. The molecule has 1 heteroatoms. The van der Waals surface area contributed by atoms with Crippen LogP contribution in [0.1, 0.15) is 44.4 Å². The molecule has 2 unspecified atom stereocenters. The lowest BCUT2D eigenvalue weighted by Gasteiger charge is -2.35. The molecule has 26 heavy (non-hydrogen) atoms. The number of rotatable bonds is 3. The molecule has 1 aliphatic carbocycles.